The molecule has 0 radical (unpaired) electrons. The van der Waals surface area contributed by atoms with Gasteiger partial charge in [-0.2, -0.15) is 18.3 Å². The molecule has 3 N–H and O–H groups in total. The molecule has 10 rings (SSSR count). The lowest BCUT2D eigenvalue weighted by Crippen LogP contribution is -2.52. The lowest BCUT2D eigenvalue weighted by Gasteiger charge is -2.58. The van der Waals surface area contributed by atoms with Crippen LogP contribution in [0.15, 0.2) is 60.5 Å². The maximum atomic E-state index is 14.2. The molecule has 13 nitrogen and oxygen atoms in total. The Morgan fingerprint density at radius 1 is 0.826 bits per heavy atom. The maximum absolute atomic E-state index is 14.2. The molecule has 69 heavy (non-hydrogen) atoms. The molecular formula is C53H64F3N7O6. The molecule has 3 heterocycles. The Labute approximate surface area is 401 Å². The number of primary amides is 1. The summed E-state index contributed by atoms with van der Waals surface area (Å²) in [7, 11) is 0. The molecule has 0 bridgehead atoms. The Balaban J connectivity index is 0.697. The molecule has 6 atom stereocenters. The van der Waals surface area contributed by atoms with Gasteiger partial charge in [-0.3, -0.25) is 14.6 Å². The van der Waals surface area contributed by atoms with Crippen molar-refractivity contribution in [2.24, 2.45) is 39.7 Å². The fraction of sp³-hybridized carbons (Fsp3) is 0.585. The summed E-state index contributed by atoms with van der Waals surface area (Å²) in [5, 5.41) is 7.28. The van der Waals surface area contributed by atoms with Crippen molar-refractivity contribution in [3.05, 3.63) is 88.5 Å². The van der Waals surface area contributed by atoms with Gasteiger partial charge in [0.1, 0.15) is 12.2 Å². The summed E-state index contributed by atoms with van der Waals surface area (Å²) in [6.45, 7) is 9.98. The summed E-state index contributed by atoms with van der Waals surface area (Å²) in [5.41, 5.74) is 8.95. The predicted molar refractivity (Wildman–Crippen MR) is 252 cm³/mol. The van der Waals surface area contributed by atoms with Crippen molar-refractivity contribution in [2.45, 2.75) is 136 Å². The van der Waals surface area contributed by atoms with E-state index in [2.05, 4.69) is 47.5 Å². The van der Waals surface area contributed by atoms with Gasteiger partial charge >= 0.3 is 18.4 Å². The number of ether oxygens (including phenoxy) is 2. The first-order chi connectivity index (χ1) is 32.8. The van der Waals surface area contributed by atoms with Crippen LogP contribution in [0, 0.1) is 34.0 Å². The number of amides is 3. The number of pyridine rings is 1. The van der Waals surface area contributed by atoms with Gasteiger partial charge in [0.05, 0.1) is 22.5 Å². The van der Waals surface area contributed by atoms with Crippen LogP contribution in [0.4, 0.5) is 28.4 Å². The van der Waals surface area contributed by atoms with E-state index >= 15 is 0 Å². The highest BCUT2D eigenvalue weighted by Crippen LogP contribution is 2.66. The number of halogens is 3. The highest BCUT2D eigenvalue weighted by atomic mass is 19.4. The normalized spacial score (nSPS) is 30.7. The Hall–Kier alpha value is -5.67. The number of carbonyl (C=O) groups excluding carboxylic acids is 4. The molecule has 2 aromatic heterocycles. The number of anilines is 1. The van der Waals surface area contributed by atoms with Crippen molar-refractivity contribution in [2.75, 3.05) is 31.5 Å². The Morgan fingerprint density at radius 2 is 1.52 bits per heavy atom. The number of nitrogens with two attached hydrogens (primary N) is 1. The lowest BCUT2D eigenvalue weighted by atomic mass is 9.47. The number of piperazine rings is 1. The van der Waals surface area contributed by atoms with Crippen LogP contribution >= 0.6 is 0 Å². The number of ketones is 1. The van der Waals surface area contributed by atoms with Crippen LogP contribution in [0.25, 0.3) is 11.3 Å². The first-order valence-electron chi connectivity index (χ1n) is 25.0. The second kappa shape index (κ2) is 17.6. The fourth-order valence-electron chi connectivity index (χ4n) is 13.7. The van der Waals surface area contributed by atoms with Gasteiger partial charge in [-0.05, 0) is 140 Å². The number of Topliss-reactive ketones (excluding diaryl/α,β-unsaturated/α-hetero) is 1. The van der Waals surface area contributed by atoms with Crippen LogP contribution in [0.5, 0.6) is 0 Å². The zero-order valence-electron chi connectivity index (χ0n) is 40.1. The van der Waals surface area contributed by atoms with Crippen LogP contribution in [-0.2, 0) is 22.1 Å². The number of nitrogens with zero attached hydrogens (tertiary/aromatic N) is 5. The van der Waals surface area contributed by atoms with Gasteiger partial charge in [0.25, 0.3) is 5.91 Å². The molecule has 16 heteroatoms. The number of allylic oxidation sites excluding steroid dienone is 3. The standard InChI is InChI=1S/C53H64F3N7O6/c1-50(2)28-43-45(44(64)29-50)46(53(54,55)56)60-63(43)34-10-14-38(47(57)65)42(27-34)59-33-8-11-35(12-9-33)68-48(66)61-22-24-62(25-23-61)49(67)69-36-17-19-51(3)32(26-36)7-13-37-40-16-15-39(31-6-5-21-58-30-31)52(40,4)20-18-41(37)51/h5-7,10,14-15,21,27,30,33,35-37,40-41,59H,8-9,11-13,16-20,22-26,28-29H2,1-4H3,(H2,57,65)/t33-,35-,36-,37-,40-,41-,51-,52+/m0/s1. The van der Waals surface area contributed by atoms with Crippen molar-refractivity contribution in [3.63, 3.8) is 0 Å². The molecule has 3 aromatic rings. The van der Waals surface area contributed by atoms with E-state index in [1.165, 1.54) is 41.7 Å². The van der Waals surface area contributed by atoms with E-state index in [0.29, 0.717) is 75.3 Å². The van der Waals surface area contributed by atoms with Crippen molar-refractivity contribution in [1.29, 1.82) is 0 Å². The number of carbonyl (C=O) groups is 4. The van der Waals surface area contributed by atoms with Crippen molar-refractivity contribution < 1.29 is 41.8 Å². The number of benzene rings is 1. The van der Waals surface area contributed by atoms with Gasteiger partial charge in [-0.15, -0.1) is 0 Å². The maximum Gasteiger partial charge on any atom is 0.435 e. The minimum atomic E-state index is -4.83. The monoisotopic (exact) mass is 951 g/mol. The average molecular weight is 952 g/mol. The zero-order valence-corrected chi connectivity index (χ0v) is 40.1. The van der Waals surface area contributed by atoms with Crippen LogP contribution in [0.1, 0.15) is 142 Å². The number of alkyl halides is 3. The zero-order chi connectivity index (χ0) is 48.6. The number of aromatic nitrogens is 3. The molecular weight excluding hydrogens is 888 g/mol. The molecule has 368 valence electrons. The number of rotatable bonds is 7. The first kappa shape index (κ1) is 47.0. The van der Waals surface area contributed by atoms with Crippen LogP contribution in [-0.4, -0.2) is 92.9 Å². The number of hydrogen-bond donors (Lipinski definition) is 2. The smallest absolute Gasteiger partial charge is 0.435 e. The van der Waals surface area contributed by atoms with Crippen LogP contribution < -0.4 is 11.1 Å². The minimum absolute atomic E-state index is 0.0254. The molecule has 1 aliphatic heterocycles. The number of nitrogens with one attached hydrogen (secondary N) is 1. The Bertz CT molecular complexity index is 2590. The molecule has 6 aliphatic carbocycles. The molecule has 0 spiro atoms. The van der Waals surface area contributed by atoms with Gasteiger partial charge in [0, 0.05) is 63.1 Å². The molecule has 1 aromatic carbocycles. The highest BCUT2D eigenvalue weighted by molar-refractivity contribution is 6.01. The molecule has 1 saturated heterocycles. The second-order valence-corrected chi connectivity index (χ2v) is 22.2. The third kappa shape index (κ3) is 8.72. The first-order valence-corrected chi connectivity index (χ1v) is 25.0. The van der Waals surface area contributed by atoms with Crippen LogP contribution in [0.3, 0.4) is 0 Å². The van der Waals surface area contributed by atoms with Gasteiger partial charge in [0.2, 0.25) is 0 Å². The van der Waals surface area contributed by atoms with E-state index in [4.69, 9.17) is 15.2 Å². The van der Waals surface area contributed by atoms with Gasteiger partial charge in [-0.1, -0.05) is 51.5 Å². The summed E-state index contributed by atoms with van der Waals surface area (Å²) in [6, 6.07) is 8.58. The second-order valence-electron chi connectivity index (χ2n) is 22.2. The largest absolute Gasteiger partial charge is 0.446 e. The molecule has 3 amide bonds. The summed E-state index contributed by atoms with van der Waals surface area (Å²) >= 11 is 0. The van der Waals surface area contributed by atoms with Crippen LogP contribution in [0.2, 0.25) is 0 Å². The number of fused-ring (bicyclic) bond motifs is 6. The van der Waals surface area contributed by atoms with Gasteiger partial charge in [-0.25, -0.2) is 14.3 Å². The average Bonchev–Trinajstić information content (AvgIpc) is 3.88. The van der Waals surface area contributed by atoms with Gasteiger partial charge in [0.15, 0.2) is 11.5 Å². The van der Waals surface area contributed by atoms with E-state index in [9.17, 15) is 32.3 Å². The molecule has 4 fully saturated rings. The Morgan fingerprint density at radius 3 is 2.19 bits per heavy atom. The Kier molecular flexibility index (Phi) is 12.0. The van der Waals surface area contributed by atoms with Crippen molar-refractivity contribution in [3.8, 4) is 5.69 Å². The SMILES string of the molecule is CC1(C)CC(=O)c2c(C(F)(F)F)nn(-c3ccc(C(N)=O)c(N[C@H]4CC[C@H](OC(=O)N5CCN(C(=O)O[C@H]6CC[C@@]7(C)C(=CC[C@@H]8[C@@H]7CC[C@]7(C)C(c9cccnc9)=CC[C@@H]87)C6)CC5)CC4)c3)c2C1. The summed E-state index contributed by atoms with van der Waals surface area (Å²) in [6.07, 6.45) is 12.4. The summed E-state index contributed by atoms with van der Waals surface area (Å²) in [4.78, 5) is 60.2. The summed E-state index contributed by atoms with van der Waals surface area (Å²) in [5.74, 6) is 0.570. The predicted octanol–water partition coefficient (Wildman–Crippen LogP) is 10.2. The lowest BCUT2D eigenvalue weighted by molar-refractivity contribution is -0.141. The van der Waals surface area contributed by atoms with E-state index in [0.717, 1.165) is 36.8 Å². The van der Waals surface area contributed by atoms with E-state index in [1.54, 1.807) is 15.9 Å². The van der Waals surface area contributed by atoms with E-state index in [-0.39, 0.29) is 65.0 Å². The fourth-order valence-corrected chi connectivity index (χ4v) is 13.7. The molecule has 7 aliphatic rings. The quantitative estimate of drug-likeness (QED) is 0.220. The molecule has 3 saturated carbocycles. The van der Waals surface area contributed by atoms with Crippen molar-refractivity contribution in [1.82, 2.24) is 24.6 Å². The van der Waals surface area contributed by atoms with Crippen molar-refractivity contribution >= 4 is 35.1 Å². The van der Waals surface area contributed by atoms with E-state index in [1.807, 2.05) is 32.3 Å². The minimum Gasteiger partial charge on any atom is -0.446 e. The summed E-state index contributed by atoms with van der Waals surface area (Å²) < 4.78 is 55.8. The van der Waals surface area contributed by atoms with E-state index < -0.39 is 40.6 Å². The third-order valence-electron chi connectivity index (χ3n) is 17.3. The van der Waals surface area contributed by atoms with Gasteiger partial charge < -0.3 is 30.3 Å². The molecule has 0 unspecified atom stereocenters. The number of hydrogen-bond acceptors (Lipinski definition) is 9. The highest BCUT2D eigenvalue weighted by Gasteiger charge is 2.57. The third-order valence-corrected chi connectivity index (χ3v) is 17.3. The topological polar surface area (TPSA) is 162 Å².